The Labute approximate surface area is 101 Å². The molecule has 0 spiro atoms. The third-order valence-electron chi connectivity index (χ3n) is 2.31. The van der Waals surface area contributed by atoms with Crippen molar-refractivity contribution in [1.82, 2.24) is 4.90 Å². The quantitative estimate of drug-likeness (QED) is 0.808. The number of carboxylic acids is 1. The molecule has 0 bridgehead atoms. The number of carbonyl (C=O) groups is 1. The van der Waals surface area contributed by atoms with Gasteiger partial charge < -0.3 is 14.6 Å². The molecule has 1 aromatic rings. The molecule has 0 saturated carbocycles. The molecule has 0 aromatic heterocycles. The molecule has 0 aliphatic heterocycles. The van der Waals surface area contributed by atoms with Crippen molar-refractivity contribution in [3.63, 3.8) is 0 Å². The van der Waals surface area contributed by atoms with Crippen LogP contribution in [0.1, 0.15) is 5.56 Å². The lowest BCUT2D eigenvalue weighted by Crippen LogP contribution is -2.25. The Balaban J connectivity index is 2.75. The minimum absolute atomic E-state index is 0.00828. The highest BCUT2D eigenvalue weighted by atomic mass is 16.5. The molecule has 0 aliphatic carbocycles. The molecule has 1 N–H and O–H groups in total. The monoisotopic (exact) mass is 239 g/mol. The number of hydrogen-bond donors (Lipinski definition) is 1. The number of likely N-dealkylation sites (N-methyl/N-ethyl adjacent to an activating group) is 1. The fourth-order valence-electron chi connectivity index (χ4n) is 1.58. The van der Waals surface area contributed by atoms with Gasteiger partial charge in [-0.1, -0.05) is 6.07 Å². The van der Waals surface area contributed by atoms with E-state index in [1.54, 1.807) is 26.2 Å². The summed E-state index contributed by atoms with van der Waals surface area (Å²) in [4.78, 5) is 12.2. The Kier molecular flexibility index (Phi) is 4.78. The maximum Gasteiger partial charge on any atom is 0.317 e. The summed E-state index contributed by atoms with van der Waals surface area (Å²) in [5.74, 6) is 0.471. The van der Waals surface area contributed by atoms with E-state index in [4.69, 9.17) is 14.6 Å². The molecule has 0 saturated heterocycles. The predicted molar refractivity (Wildman–Crippen MR) is 63.5 cm³/mol. The summed E-state index contributed by atoms with van der Waals surface area (Å²) < 4.78 is 10.3. The van der Waals surface area contributed by atoms with Gasteiger partial charge in [0.05, 0.1) is 20.8 Å². The number of aliphatic carboxylic acids is 1. The molecular formula is C12H17NO4. The first kappa shape index (κ1) is 13.3. The minimum Gasteiger partial charge on any atom is -0.493 e. The van der Waals surface area contributed by atoms with Gasteiger partial charge in [-0.15, -0.1) is 0 Å². The van der Waals surface area contributed by atoms with Crippen LogP contribution in [0.3, 0.4) is 0 Å². The van der Waals surface area contributed by atoms with E-state index in [-0.39, 0.29) is 6.54 Å². The number of benzene rings is 1. The summed E-state index contributed by atoms with van der Waals surface area (Å²) in [6.07, 6.45) is 0. The van der Waals surface area contributed by atoms with Crippen LogP contribution in [0.4, 0.5) is 0 Å². The Bertz CT molecular complexity index is 392. The second-order valence-corrected chi connectivity index (χ2v) is 3.76. The predicted octanol–water partition coefficient (Wildman–Crippen LogP) is 1.22. The van der Waals surface area contributed by atoms with Crippen LogP contribution >= 0.6 is 0 Å². The summed E-state index contributed by atoms with van der Waals surface area (Å²) in [5, 5.41) is 8.66. The van der Waals surface area contributed by atoms with Gasteiger partial charge >= 0.3 is 5.97 Å². The van der Waals surface area contributed by atoms with Crippen LogP contribution in [0.2, 0.25) is 0 Å². The smallest absolute Gasteiger partial charge is 0.317 e. The summed E-state index contributed by atoms with van der Waals surface area (Å²) in [6.45, 7) is 0.557. The summed E-state index contributed by atoms with van der Waals surface area (Å²) in [6, 6.07) is 5.54. The summed E-state index contributed by atoms with van der Waals surface area (Å²) >= 11 is 0. The lowest BCUT2D eigenvalue weighted by atomic mass is 10.2. The molecule has 0 fully saturated rings. The Morgan fingerprint density at radius 1 is 1.29 bits per heavy atom. The number of methoxy groups -OCH3 is 2. The van der Waals surface area contributed by atoms with Crippen LogP contribution in [0, 0.1) is 0 Å². The number of nitrogens with zero attached hydrogens (tertiary/aromatic N) is 1. The van der Waals surface area contributed by atoms with Gasteiger partial charge in [-0.2, -0.15) is 0 Å². The lowest BCUT2D eigenvalue weighted by Gasteiger charge is -2.15. The first-order chi connectivity index (χ1) is 8.06. The Morgan fingerprint density at radius 3 is 2.47 bits per heavy atom. The number of ether oxygens (including phenoxy) is 2. The van der Waals surface area contributed by atoms with E-state index in [0.717, 1.165) is 5.56 Å². The average Bonchev–Trinajstić information content (AvgIpc) is 2.27. The Hall–Kier alpha value is -1.75. The van der Waals surface area contributed by atoms with Crippen molar-refractivity contribution in [2.45, 2.75) is 6.54 Å². The maximum atomic E-state index is 10.5. The second kappa shape index (κ2) is 6.10. The van der Waals surface area contributed by atoms with Crippen molar-refractivity contribution in [2.75, 3.05) is 27.8 Å². The number of rotatable bonds is 6. The first-order valence-corrected chi connectivity index (χ1v) is 5.18. The molecule has 0 unspecified atom stereocenters. The van der Waals surface area contributed by atoms with Crippen LogP contribution in [0.25, 0.3) is 0 Å². The SMILES string of the molecule is COc1ccc(CN(C)CC(=O)O)cc1OC. The van der Waals surface area contributed by atoms with Crippen LogP contribution < -0.4 is 9.47 Å². The van der Waals surface area contributed by atoms with Crippen LogP contribution in [0.5, 0.6) is 11.5 Å². The number of hydrogen-bond acceptors (Lipinski definition) is 4. The van der Waals surface area contributed by atoms with E-state index in [9.17, 15) is 4.79 Å². The highest BCUT2D eigenvalue weighted by Crippen LogP contribution is 2.27. The first-order valence-electron chi connectivity index (χ1n) is 5.18. The molecule has 0 heterocycles. The highest BCUT2D eigenvalue weighted by molar-refractivity contribution is 5.69. The third kappa shape index (κ3) is 3.96. The fourth-order valence-corrected chi connectivity index (χ4v) is 1.58. The van der Waals surface area contributed by atoms with Gasteiger partial charge in [0.25, 0.3) is 0 Å². The van der Waals surface area contributed by atoms with Crippen molar-refractivity contribution in [2.24, 2.45) is 0 Å². The van der Waals surface area contributed by atoms with Gasteiger partial charge in [0.1, 0.15) is 0 Å². The van der Waals surface area contributed by atoms with Gasteiger partial charge in [0.2, 0.25) is 0 Å². The van der Waals surface area contributed by atoms with E-state index < -0.39 is 5.97 Å². The summed E-state index contributed by atoms with van der Waals surface area (Å²) in [5.41, 5.74) is 0.978. The van der Waals surface area contributed by atoms with Crippen molar-refractivity contribution in [3.8, 4) is 11.5 Å². The van der Waals surface area contributed by atoms with Gasteiger partial charge in [-0.25, -0.2) is 0 Å². The standard InChI is InChI=1S/C12H17NO4/c1-13(8-12(14)15)7-9-4-5-10(16-2)11(6-9)17-3/h4-6H,7-8H2,1-3H3,(H,14,15). The third-order valence-corrected chi connectivity index (χ3v) is 2.31. The molecular weight excluding hydrogens is 222 g/mol. The molecule has 1 rings (SSSR count). The lowest BCUT2D eigenvalue weighted by molar-refractivity contribution is -0.138. The number of carboxylic acid groups (broad SMARTS) is 1. The van der Waals surface area contributed by atoms with Gasteiger partial charge in [-0.05, 0) is 24.7 Å². The zero-order valence-electron chi connectivity index (χ0n) is 10.3. The van der Waals surface area contributed by atoms with Gasteiger partial charge in [0.15, 0.2) is 11.5 Å². The molecule has 0 radical (unpaired) electrons. The fraction of sp³-hybridized carbons (Fsp3) is 0.417. The normalized spacial score (nSPS) is 10.4. The van der Waals surface area contributed by atoms with E-state index in [2.05, 4.69) is 0 Å². The van der Waals surface area contributed by atoms with E-state index in [1.165, 1.54) is 0 Å². The van der Waals surface area contributed by atoms with Crippen molar-refractivity contribution in [1.29, 1.82) is 0 Å². The van der Waals surface area contributed by atoms with Crippen molar-refractivity contribution >= 4 is 5.97 Å². The molecule has 5 nitrogen and oxygen atoms in total. The largest absolute Gasteiger partial charge is 0.493 e. The molecule has 1 aromatic carbocycles. The molecule has 17 heavy (non-hydrogen) atoms. The molecule has 5 heteroatoms. The van der Waals surface area contributed by atoms with Crippen LogP contribution in [0.15, 0.2) is 18.2 Å². The van der Waals surface area contributed by atoms with Gasteiger partial charge in [0, 0.05) is 6.54 Å². The summed E-state index contributed by atoms with van der Waals surface area (Å²) in [7, 11) is 4.90. The van der Waals surface area contributed by atoms with E-state index >= 15 is 0 Å². The zero-order chi connectivity index (χ0) is 12.8. The molecule has 0 atom stereocenters. The average molecular weight is 239 g/mol. The van der Waals surface area contributed by atoms with E-state index in [1.807, 2.05) is 18.2 Å². The van der Waals surface area contributed by atoms with Crippen LogP contribution in [-0.4, -0.2) is 43.8 Å². The van der Waals surface area contributed by atoms with Crippen molar-refractivity contribution in [3.05, 3.63) is 23.8 Å². The van der Waals surface area contributed by atoms with Crippen LogP contribution in [-0.2, 0) is 11.3 Å². The maximum absolute atomic E-state index is 10.5. The molecule has 0 aliphatic rings. The molecule has 94 valence electrons. The topological polar surface area (TPSA) is 59.0 Å². The molecule has 0 amide bonds. The van der Waals surface area contributed by atoms with Crippen molar-refractivity contribution < 1.29 is 19.4 Å². The Morgan fingerprint density at radius 2 is 1.94 bits per heavy atom. The highest BCUT2D eigenvalue weighted by Gasteiger charge is 2.08. The zero-order valence-corrected chi connectivity index (χ0v) is 10.3. The van der Waals surface area contributed by atoms with Gasteiger partial charge in [-0.3, -0.25) is 9.69 Å². The van der Waals surface area contributed by atoms with E-state index in [0.29, 0.717) is 18.0 Å². The minimum atomic E-state index is -0.840. The second-order valence-electron chi connectivity index (χ2n) is 3.76.